The Labute approximate surface area is 111 Å². The van der Waals surface area contributed by atoms with Gasteiger partial charge < -0.3 is 15.2 Å². The molecular formula is C14H18FNO3. The highest BCUT2D eigenvalue weighted by Crippen LogP contribution is 2.24. The van der Waals surface area contributed by atoms with Crippen LogP contribution in [0.5, 0.6) is 5.75 Å². The first-order chi connectivity index (χ1) is 9.16. The molecule has 19 heavy (non-hydrogen) atoms. The summed E-state index contributed by atoms with van der Waals surface area (Å²) in [6, 6.07) is 5.77. The molecule has 2 rings (SSSR count). The SMILES string of the molecule is O=C(O)C(COc1cccc(F)c1)C1CCNCC1. The molecule has 0 aromatic heterocycles. The largest absolute Gasteiger partial charge is 0.493 e. The number of ether oxygens (including phenoxy) is 1. The predicted molar refractivity (Wildman–Crippen MR) is 68.6 cm³/mol. The fraction of sp³-hybridized carbons (Fsp3) is 0.500. The van der Waals surface area contributed by atoms with E-state index < -0.39 is 11.9 Å². The number of halogens is 1. The number of piperidine rings is 1. The molecule has 0 bridgehead atoms. The first-order valence-electron chi connectivity index (χ1n) is 6.48. The Balaban J connectivity index is 1.95. The summed E-state index contributed by atoms with van der Waals surface area (Å²) in [7, 11) is 0. The van der Waals surface area contributed by atoms with Crippen LogP contribution in [0.25, 0.3) is 0 Å². The maximum atomic E-state index is 13.0. The Kier molecular flexibility index (Phi) is 4.74. The van der Waals surface area contributed by atoms with Gasteiger partial charge in [-0.15, -0.1) is 0 Å². The van der Waals surface area contributed by atoms with Crippen molar-refractivity contribution in [3.05, 3.63) is 30.1 Å². The topological polar surface area (TPSA) is 58.6 Å². The van der Waals surface area contributed by atoms with Gasteiger partial charge in [-0.25, -0.2) is 4.39 Å². The zero-order valence-corrected chi connectivity index (χ0v) is 10.6. The molecule has 0 amide bonds. The summed E-state index contributed by atoms with van der Waals surface area (Å²) in [6.07, 6.45) is 1.67. The van der Waals surface area contributed by atoms with Crippen LogP contribution in [0.1, 0.15) is 12.8 Å². The van der Waals surface area contributed by atoms with Crippen molar-refractivity contribution in [2.45, 2.75) is 12.8 Å². The lowest BCUT2D eigenvalue weighted by Crippen LogP contribution is -2.37. The molecule has 1 aromatic rings. The number of aliphatic carboxylic acids is 1. The van der Waals surface area contributed by atoms with Crippen molar-refractivity contribution in [2.24, 2.45) is 11.8 Å². The molecular weight excluding hydrogens is 249 g/mol. The molecule has 1 aromatic carbocycles. The van der Waals surface area contributed by atoms with Gasteiger partial charge in [0.1, 0.15) is 18.2 Å². The summed E-state index contributed by atoms with van der Waals surface area (Å²) >= 11 is 0. The van der Waals surface area contributed by atoms with E-state index in [1.807, 2.05) is 0 Å². The second-order valence-electron chi connectivity index (χ2n) is 4.80. The normalized spacial score (nSPS) is 17.9. The third kappa shape index (κ3) is 3.92. The lowest BCUT2D eigenvalue weighted by Gasteiger charge is -2.27. The Morgan fingerprint density at radius 1 is 1.47 bits per heavy atom. The van der Waals surface area contributed by atoms with Crippen molar-refractivity contribution in [3.63, 3.8) is 0 Å². The highest BCUT2D eigenvalue weighted by atomic mass is 19.1. The standard InChI is InChI=1S/C14H18FNO3/c15-11-2-1-3-12(8-11)19-9-13(14(17)18)10-4-6-16-7-5-10/h1-3,8,10,13,16H,4-7,9H2,(H,17,18). The number of carboxylic acids is 1. The van der Waals surface area contributed by atoms with E-state index in [0.717, 1.165) is 25.9 Å². The van der Waals surface area contributed by atoms with Gasteiger partial charge in [-0.2, -0.15) is 0 Å². The Hall–Kier alpha value is -1.62. The van der Waals surface area contributed by atoms with Crippen LogP contribution in [0.3, 0.4) is 0 Å². The maximum Gasteiger partial charge on any atom is 0.310 e. The zero-order valence-electron chi connectivity index (χ0n) is 10.6. The van der Waals surface area contributed by atoms with Gasteiger partial charge in [-0.3, -0.25) is 4.79 Å². The van der Waals surface area contributed by atoms with Crippen LogP contribution in [0.2, 0.25) is 0 Å². The number of hydrogen-bond donors (Lipinski definition) is 2. The van der Waals surface area contributed by atoms with Gasteiger partial charge >= 0.3 is 5.97 Å². The molecule has 0 aliphatic carbocycles. The Morgan fingerprint density at radius 2 is 2.21 bits per heavy atom. The number of carbonyl (C=O) groups is 1. The quantitative estimate of drug-likeness (QED) is 0.855. The molecule has 1 atom stereocenters. The number of hydrogen-bond acceptors (Lipinski definition) is 3. The lowest BCUT2D eigenvalue weighted by molar-refractivity contribution is -0.145. The maximum absolute atomic E-state index is 13.0. The molecule has 1 fully saturated rings. The minimum Gasteiger partial charge on any atom is -0.493 e. The van der Waals surface area contributed by atoms with Gasteiger partial charge in [0, 0.05) is 6.07 Å². The minimum absolute atomic E-state index is 0.0868. The summed E-state index contributed by atoms with van der Waals surface area (Å²) in [5.41, 5.74) is 0. The van der Waals surface area contributed by atoms with Gasteiger partial charge in [0.05, 0.1) is 5.92 Å². The fourth-order valence-corrected chi connectivity index (χ4v) is 2.40. The molecule has 0 saturated carbocycles. The van der Waals surface area contributed by atoms with Gasteiger partial charge in [-0.05, 0) is 44.0 Å². The van der Waals surface area contributed by atoms with E-state index in [0.29, 0.717) is 5.75 Å². The van der Waals surface area contributed by atoms with Crippen molar-refractivity contribution in [3.8, 4) is 5.75 Å². The van der Waals surface area contributed by atoms with Crippen molar-refractivity contribution in [1.29, 1.82) is 0 Å². The highest BCUT2D eigenvalue weighted by Gasteiger charge is 2.29. The van der Waals surface area contributed by atoms with Crippen LogP contribution in [-0.2, 0) is 4.79 Å². The van der Waals surface area contributed by atoms with E-state index in [2.05, 4.69) is 5.32 Å². The molecule has 1 aliphatic rings. The average molecular weight is 267 g/mol. The Morgan fingerprint density at radius 3 is 2.84 bits per heavy atom. The van der Waals surface area contributed by atoms with Gasteiger partial charge in [0.25, 0.3) is 0 Å². The van der Waals surface area contributed by atoms with Gasteiger partial charge in [0.2, 0.25) is 0 Å². The summed E-state index contributed by atoms with van der Waals surface area (Å²) in [4.78, 5) is 11.3. The van der Waals surface area contributed by atoms with Crippen LogP contribution < -0.4 is 10.1 Å². The van der Waals surface area contributed by atoms with Crippen LogP contribution in [0.15, 0.2) is 24.3 Å². The smallest absolute Gasteiger partial charge is 0.310 e. The second-order valence-corrected chi connectivity index (χ2v) is 4.80. The zero-order chi connectivity index (χ0) is 13.7. The third-order valence-electron chi connectivity index (χ3n) is 3.50. The molecule has 1 aliphatic heterocycles. The molecule has 5 heteroatoms. The molecule has 0 radical (unpaired) electrons. The van der Waals surface area contributed by atoms with Crippen LogP contribution in [-0.4, -0.2) is 30.8 Å². The van der Waals surface area contributed by atoms with E-state index in [9.17, 15) is 14.3 Å². The van der Waals surface area contributed by atoms with Gasteiger partial charge in [0.15, 0.2) is 0 Å². The summed E-state index contributed by atoms with van der Waals surface area (Å²) in [5.74, 6) is -1.27. The summed E-state index contributed by atoms with van der Waals surface area (Å²) < 4.78 is 18.4. The van der Waals surface area contributed by atoms with Crippen LogP contribution >= 0.6 is 0 Å². The van der Waals surface area contributed by atoms with E-state index in [4.69, 9.17) is 4.74 Å². The second kappa shape index (κ2) is 6.52. The molecule has 4 nitrogen and oxygen atoms in total. The monoisotopic (exact) mass is 267 g/mol. The van der Waals surface area contributed by atoms with Crippen molar-refractivity contribution >= 4 is 5.97 Å². The van der Waals surface area contributed by atoms with E-state index in [-0.39, 0.29) is 18.3 Å². The predicted octanol–water partition coefficient (Wildman–Crippen LogP) is 1.90. The molecule has 0 spiro atoms. The lowest BCUT2D eigenvalue weighted by atomic mass is 9.85. The van der Waals surface area contributed by atoms with E-state index in [1.165, 1.54) is 12.1 Å². The van der Waals surface area contributed by atoms with Crippen molar-refractivity contribution in [1.82, 2.24) is 5.32 Å². The summed E-state index contributed by atoms with van der Waals surface area (Å²) in [6.45, 7) is 1.77. The number of carboxylic acid groups (broad SMARTS) is 1. The first kappa shape index (κ1) is 13.8. The number of benzene rings is 1. The Bertz CT molecular complexity index is 432. The van der Waals surface area contributed by atoms with Crippen LogP contribution in [0.4, 0.5) is 4.39 Å². The first-order valence-corrected chi connectivity index (χ1v) is 6.48. The molecule has 1 saturated heterocycles. The molecule has 1 unspecified atom stereocenters. The minimum atomic E-state index is -0.844. The van der Waals surface area contributed by atoms with E-state index in [1.54, 1.807) is 12.1 Å². The highest BCUT2D eigenvalue weighted by molar-refractivity contribution is 5.70. The summed E-state index contributed by atoms with van der Waals surface area (Å²) in [5, 5.41) is 12.5. The average Bonchev–Trinajstić information content (AvgIpc) is 2.40. The van der Waals surface area contributed by atoms with Crippen molar-refractivity contribution < 1.29 is 19.0 Å². The molecule has 104 valence electrons. The van der Waals surface area contributed by atoms with Crippen LogP contribution in [0, 0.1) is 17.7 Å². The van der Waals surface area contributed by atoms with Crippen molar-refractivity contribution in [2.75, 3.05) is 19.7 Å². The number of rotatable bonds is 5. The molecule has 2 N–H and O–H groups in total. The third-order valence-corrected chi connectivity index (χ3v) is 3.50. The molecule has 1 heterocycles. The fourth-order valence-electron chi connectivity index (χ4n) is 2.40. The van der Waals surface area contributed by atoms with E-state index >= 15 is 0 Å². The number of nitrogens with one attached hydrogen (secondary N) is 1. The van der Waals surface area contributed by atoms with Gasteiger partial charge in [-0.1, -0.05) is 6.07 Å².